The van der Waals surface area contributed by atoms with Gasteiger partial charge < -0.3 is 10.1 Å². The Kier molecular flexibility index (Phi) is 6.42. The number of amides is 1. The highest BCUT2D eigenvalue weighted by Gasteiger charge is 2.19. The predicted octanol–water partition coefficient (Wildman–Crippen LogP) is 2.46. The number of primary sulfonamides is 1. The number of ether oxygens (including phenoxy) is 1. The highest BCUT2D eigenvalue weighted by Crippen LogP contribution is 2.25. The monoisotopic (exact) mass is 430 g/mol. The maximum atomic E-state index is 12.4. The van der Waals surface area contributed by atoms with Crippen molar-refractivity contribution in [1.29, 1.82) is 0 Å². The van der Waals surface area contributed by atoms with Gasteiger partial charge in [-0.25, -0.2) is 18.4 Å². The third-order valence-corrected chi connectivity index (χ3v) is 5.89. The van der Waals surface area contributed by atoms with E-state index < -0.39 is 28.5 Å². The average Bonchev–Trinajstić information content (AvgIpc) is 3.25. The van der Waals surface area contributed by atoms with Gasteiger partial charge in [0.1, 0.15) is 0 Å². The number of nitrogens with two attached hydrogens (primary N) is 1. The molecule has 0 saturated carbocycles. The van der Waals surface area contributed by atoms with E-state index in [0.29, 0.717) is 0 Å². The molecule has 0 aliphatic carbocycles. The molecular weight excluding hydrogens is 412 g/mol. The Balaban J connectivity index is 1.63. The normalized spacial score (nSPS) is 12.2. The summed E-state index contributed by atoms with van der Waals surface area (Å²) in [5.74, 6) is -1.20. The van der Waals surface area contributed by atoms with Crippen LogP contribution < -0.4 is 10.5 Å². The van der Waals surface area contributed by atoms with Crippen molar-refractivity contribution in [2.75, 3.05) is 6.61 Å². The van der Waals surface area contributed by atoms with Crippen molar-refractivity contribution >= 4 is 33.2 Å². The van der Waals surface area contributed by atoms with Crippen molar-refractivity contribution in [2.24, 2.45) is 5.14 Å². The Labute approximate surface area is 172 Å². The Bertz CT molecular complexity index is 1080. The Hall–Kier alpha value is -3.01. The maximum Gasteiger partial charge on any atom is 0.338 e. The summed E-state index contributed by atoms with van der Waals surface area (Å²) in [7, 11) is -3.85. The molecule has 3 rings (SSSR count). The van der Waals surface area contributed by atoms with E-state index in [4.69, 9.17) is 9.88 Å². The van der Waals surface area contributed by atoms with Crippen LogP contribution in [-0.4, -0.2) is 26.9 Å². The van der Waals surface area contributed by atoms with Crippen molar-refractivity contribution < 1.29 is 22.7 Å². The summed E-state index contributed by atoms with van der Waals surface area (Å²) >= 11 is 1.51. The summed E-state index contributed by atoms with van der Waals surface area (Å²) in [6.07, 6.45) is 0. The van der Waals surface area contributed by atoms with E-state index in [1.54, 1.807) is 0 Å². The van der Waals surface area contributed by atoms with Crippen LogP contribution in [-0.2, 0) is 19.6 Å². The van der Waals surface area contributed by atoms with Crippen LogP contribution in [0.15, 0.2) is 77.0 Å². The Morgan fingerprint density at radius 3 is 2.28 bits per heavy atom. The average molecular weight is 431 g/mol. The fraction of sp³-hybridized carbons (Fsp3) is 0.100. The van der Waals surface area contributed by atoms with E-state index in [1.807, 2.05) is 47.8 Å². The number of hydrogen-bond donors (Lipinski definition) is 2. The number of sulfonamides is 1. The third kappa shape index (κ3) is 5.50. The molecular formula is C20H18N2O5S2. The van der Waals surface area contributed by atoms with E-state index in [-0.39, 0.29) is 16.5 Å². The van der Waals surface area contributed by atoms with Crippen molar-refractivity contribution in [3.63, 3.8) is 0 Å². The molecule has 0 bridgehead atoms. The standard InChI is InChI=1S/C20H18N2O5S2/c21-29(25,26)16-10-8-15(9-11-16)20(24)27-13-18(23)22-19(17-7-4-12-28-17)14-5-2-1-3-6-14/h1-12,19H,13H2,(H,22,23)(H2,21,25,26). The highest BCUT2D eigenvalue weighted by molar-refractivity contribution is 7.89. The van der Waals surface area contributed by atoms with Crippen molar-refractivity contribution in [3.05, 3.63) is 88.1 Å². The van der Waals surface area contributed by atoms with Crippen LogP contribution >= 0.6 is 11.3 Å². The number of benzene rings is 2. The molecule has 0 aliphatic rings. The summed E-state index contributed by atoms with van der Waals surface area (Å²) in [6.45, 7) is -0.468. The van der Waals surface area contributed by atoms with Crippen LogP contribution in [0.25, 0.3) is 0 Å². The SMILES string of the molecule is NS(=O)(=O)c1ccc(C(=O)OCC(=O)NC(c2ccccc2)c2cccs2)cc1. The maximum absolute atomic E-state index is 12.4. The molecule has 2 aromatic carbocycles. The second-order valence-electron chi connectivity index (χ2n) is 6.07. The second-order valence-corrected chi connectivity index (χ2v) is 8.61. The number of hydrogen-bond acceptors (Lipinski definition) is 6. The first-order valence-corrected chi connectivity index (χ1v) is 10.9. The molecule has 7 nitrogen and oxygen atoms in total. The minimum Gasteiger partial charge on any atom is -0.452 e. The molecule has 150 valence electrons. The Morgan fingerprint density at radius 1 is 1.00 bits per heavy atom. The van der Waals surface area contributed by atoms with Crippen molar-refractivity contribution in [2.45, 2.75) is 10.9 Å². The van der Waals surface area contributed by atoms with Gasteiger partial charge in [0, 0.05) is 4.88 Å². The zero-order valence-corrected chi connectivity index (χ0v) is 16.8. The third-order valence-electron chi connectivity index (χ3n) is 4.02. The van der Waals surface area contributed by atoms with Gasteiger partial charge >= 0.3 is 5.97 Å². The van der Waals surface area contributed by atoms with Crippen LogP contribution in [0, 0.1) is 0 Å². The minimum atomic E-state index is -3.85. The van der Waals surface area contributed by atoms with Crippen LogP contribution in [0.2, 0.25) is 0 Å². The topological polar surface area (TPSA) is 116 Å². The van der Waals surface area contributed by atoms with Gasteiger partial charge in [-0.05, 0) is 41.3 Å². The molecule has 0 spiro atoms. The van der Waals surface area contributed by atoms with Crippen molar-refractivity contribution in [1.82, 2.24) is 5.32 Å². The summed E-state index contributed by atoms with van der Waals surface area (Å²) in [4.78, 5) is 25.3. The summed E-state index contributed by atoms with van der Waals surface area (Å²) in [5.41, 5.74) is 1.02. The van der Waals surface area contributed by atoms with Gasteiger partial charge in [-0.1, -0.05) is 36.4 Å². The number of nitrogens with one attached hydrogen (secondary N) is 1. The van der Waals surface area contributed by atoms with Crippen LogP contribution in [0.5, 0.6) is 0 Å². The van der Waals surface area contributed by atoms with Gasteiger partial charge in [0.25, 0.3) is 5.91 Å². The smallest absolute Gasteiger partial charge is 0.338 e. The summed E-state index contributed by atoms with van der Waals surface area (Å²) in [6, 6.07) is 17.9. The van der Waals surface area contributed by atoms with Gasteiger partial charge in [0.15, 0.2) is 6.61 Å². The molecule has 1 unspecified atom stereocenters. The minimum absolute atomic E-state index is 0.114. The number of carbonyl (C=O) groups is 2. The lowest BCUT2D eigenvalue weighted by Gasteiger charge is -2.18. The molecule has 29 heavy (non-hydrogen) atoms. The molecule has 0 aliphatic heterocycles. The molecule has 0 radical (unpaired) electrons. The number of rotatable bonds is 7. The summed E-state index contributed by atoms with van der Waals surface area (Å²) < 4.78 is 27.6. The molecule has 0 fully saturated rings. The zero-order valence-electron chi connectivity index (χ0n) is 15.1. The molecule has 1 aromatic heterocycles. The lowest BCUT2D eigenvalue weighted by molar-refractivity contribution is -0.124. The van der Waals surface area contributed by atoms with E-state index in [1.165, 1.54) is 35.6 Å². The molecule has 0 saturated heterocycles. The van der Waals surface area contributed by atoms with Gasteiger partial charge in [-0.3, -0.25) is 4.79 Å². The number of thiophene rings is 1. The van der Waals surface area contributed by atoms with Crippen LogP contribution in [0.3, 0.4) is 0 Å². The Morgan fingerprint density at radius 2 is 1.69 bits per heavy atom. The molecule has 1 amide bonds. The van der Waals surface area contributed by atoms with Gasteiger partial charge in [-0.15, -0.1) is 11.3 Å². The van der Waals surface area contributed by atoms with Crippen molar-refractivity contribution in [3.8, 4) is 0 Å². The molecule has 1 heterocycles. The molecule has 3 aromatic rings. The molecule has 9 heteroatoms. The van der Waals surface area contributed by atoms with E-state index in [9.17, 15) is 18.0 Å². The van der Waals surface area contributed by atoms with E-state index in [0.717, 1.165) is 10.4 Å². The number of esters is 1. The van der Waals surface area contributed by atoms with Gasteiger partial charge in [0.2, 0.25) is 10.0 Å². The fourth-order valence-electron chi connectivity index (χ4n) is 2.62. The first-order valence-electron chi connectivity index (χ1n) is 8.52. The van der Waals surface area contributed by atoms with Crippen LogP contribution in [0.4, 0.5) is 0 Å². The largest absolute Gasteiger partial charge is 0.452 e. The van der Waals surface area contributed by atoms with E-state index >= 15 is 0 Å². The van der Waals surface area contributed by atoms with Gasteiger partial charge in [-0.2, -0.15) is 0 Å². The van der Waals surface area contributed by atoms with E-state index in [2.05, 4.69) is 5.32 Å². The zero-order chi connectivity index (χ0) is 20.9. The first-order chi connectivity index (χ1) is 13.8. The molecule has 1 atom stereocenters. The van der Waals surface area contributed by atoms with Crippen LogP contribution in [0.1, 0.15) is 26.8 Å². The lowest BCUT2D eigenvalue weighted by Crippen LogP contribution is -2.32. The highest BCUT2D eigenvalue weighted by atomic mass is 32.2. The quantitative estimate of drug-likeness (QED) is 0.559. The predicted molar refractivity (Wildman–Crippen MR) is 109 cm³/mol. The first kappa shape index (κ1) is 20.7. The fourth-order valence-corrected chi connectivity index (χ4v) is 3.94. The second kappa shape index (κ2) is 8.99. The molecule has 3 N–H and O–H groups in total. The lowest BCUT2D eigenvalue weighted by atomic mass is 10.1. The number of carbonyl (C=O) groups excluding carboxylic acids is 2. The summed E-state index contributed by atoms with van der Waals surface area (Å²) in [5, 5.41) is 9.81. The van der Waals surface area contributed by atoms with Gasteiger partial charge in [0.05, 0.1) is 16.5 Å².